The van der Waals surface area contributed by atoms with E-state index in [-0.39, 0.29) is 25.3 Å². The fourth-order valence-electron chi connectivity index (χ4n) is 3.23. The maximum atomic E-state index is 12.0. The van der Waals surface area contributed by atoms with E-state index < -0.39 is 6.10 Å². The molecular formula is C19H28N4O3. The van der Waals surface area contributed by atoms with Crippen molar-refractivity contribution < 1.29 is 14.6 Å². The molecule has 1 aliphatic carbocycles. The van der Waals surface area contributed by atoms with Crippen LogP contribution in [0, 0.1) is 0 Å². The number of fused-ring (bicyclic) bond motifs is 1. The first-order valence-corrected chi connectivity index (χ1v) is 9.47. The maximum Gasteiger partial charge on any atom is 0.319 e. The Morgan fingerprint density at radius 3 is 2.96 bits per heavy atom. The SMILES string of the molecule is CCc1nc2ccc(NC(=O)NC[C@@H](O)COC3CCCCC3)cc2[nH]1. The lowest BCUT2D eigenvalue weighted by molar-refractivity contribution is -0.0221. The number of urea groups is 1. The minimum absolute atomic E-state index is 0.158. The molecule has 7 heteroatoms. The summed E-state index contributed by atoms with van der Waals surface area (Å²) < 4.78 is 5.72. The van der Waals surface area contributed by atoms with Gasteiger partial charge in [-0.2, -0.15) is 0 Å². The Morgan fingerprint density at radius 1 is 1.38 bits per heavy atom. The monoisotopic (exact) mass is 360 g/mol. The Hall–Kier alpha value is -2.12. The lowest BCUT2D eigenvalue weighted by Gasteiger charge is -2.23. The fourth-order valence-corrected chi connectivity index (χ4v) is 3.23. The van der Waals surface area contributed by atoms with Gasteiger partial charge in [0.05, 0.1) is 29.8 Å². The molecule has 0 spiro atoms. The number of aliphatic hydroxyl groups is 1. The minimum atomic E-state index is -0.704. The van der Waals surface area contributed by atoms with Gasteiger partial charge in [0.1, 0.15) is 5.82 Å². The van der Waals surface area contributed by atoms with Crippen molar-refractivity contribution in [3.05, 3.63) is 24.0 Å². The van der Waals surface area contributed by atoms with Gasteiger partial charge in [-0.1, -0.05) is 26.2 Å². The van der Waals surface area contributed by atoms with E-state index in [1.807, 2.05) is 25.1 Å². The molecule has 3 rings (SSSR count). The van der Waals surface area contributed by atoms with Crippen LogP contribution in [0.4, 0.5) is 10.5 Å². The number of imidazole rings is 1. The second-order valence-electron chi connectivity index (χ2n) is 6.85. The molecule has 7 nitrogen and oxygen atoms in total. The molecule has 1 atom stereocenters. The zero-order valence-electron chi connectivity index (χ0n) is 15.3. The summed E-state index contributed by atoms with van der Waals surface area (Å²) in [6.07, 6.45) is 6.18. The van der Waals surface area contributed by atoms with Gasteiger partial charge in [-0.25, -0.2) is 9.78 Å². The highest BCUT2D eigenvalue weighted by Crippen LogP contribution is 2.20. The van der Waals surface area contributed by atoms with Crippen molar-refractivity contribution >= 4 is 22.8 Å². The average Bonchev–Trinajstić information content (AvgIpc) is 3.08. The van der Waals surface area contributed by atoms with Crippen LogP contribution in [0.2, 0.25) is 0 Å². The standard InChI is InChI=1S/C19H28N4O3/c1-2-18-22-16-9-8-13(10-17(16)23-18)21-19(25)20-11-14(24)12-26-15-6-4-3-5-7-15/h8-10,14-15,24H,2-7,11-12H2,1H3,(H,22,23)(H2,20,21,25)/t14-/m1/s1. The van der Waals surface area contributed by atoms with Crippen molar-refractivity contribution in [1.29, 1.82) is 0 Å². The van der Waals surface area contributed by atoms with Gasteiger partial charge in [-0.05, 0) is 31.0 Å². The fraction of sp³-hybridized carbons (Fsp3) is 0.579. The van der Waals surface area contributed by atoms with Gasteiger partial charge >= 0.3 is 6.03 Å². The zero-order chi connectivity index (χ0) is 18.4. The molecule has 142 valence electrons. The molecule has 0 bridgehead atoms. The number of ether oxygens (including phenoxy) is 1. The summed E-state index contributed by atoms with van der Waals surface area (Å²) in [5, 5.41) is 15.4. The van der Waals surface area contributed by atoms with Gasteiger partial charge in [-0.3, -0.25) is 0 Å². The van der Waals surface area contributed by atoms with E-state index in [1.54, 1.807) is 0 Å². The largest absolute Gasteiger partial charge is 0.389 e. The zero-order valence-corrected chi connectivity index (χ0v) is 15.3. The molecule has 1 heterocycles. The summed E-state index contributed by atoms with van der Waals surface area (Å²) in [5.41, 5.74) is 2.44. The summed E-state index contributed by atoms with van der Waals surface area (Å²) >= 11 is 0. The molecule has 0 aliphatic heterocycles. The highest BCUT2D eigenvalue weighted by atomic mass is 16.5. The minimum Gasteiger partial charge on any atom is -0.389 e. The van der Waals surface area contributed by atoms with E-state index in [2.05, 4.69) is 20.6 Å². The number of hydrogen-bond acceptors (Lipinski definition) is 4. The van der Waals surface area contributed by atoms with Crippen LogP contribution in [0.25, 0.3) is 11.0 Å². The first kappa shape index (κ1) is 18.7. The van der Waals surface area contributed by atoms with Crippen LogP contribution >= 0.6 is 0 Å². The van der Waals surface area contributed by atoms with Gasteiger partial charge in [-0.15, -0.1) is 0 Å². The smallest absolute Gasteiger partial charge is 0.319 e. The van der Waals surface area contributed by atoms with E-state index in [0.29, 0.717) is 5.69 Å². The van der Waals surface area contributed by atoms with Crippen molar-refractivity contribution in [3.8, 4) is 0 Å². The van der Waals surface area contributed by atoms with Gasteiger partial charge in [0.2, 0.25) is 0 Å². The highest BCUT2D eigenvalue weighted by molar-refractivity contribution is 5.91. The van der Waals surface area contributed by atoms with Crippen LogP contribution in [0.1, 0.15) is 44.9 Å². The van der Waals surface area contributed by atoms with Crippen LogP contribution in [0.15, 0.2) is 18.2 Å². The Kier molecular flexibility index (Phi) is 6.46. The van der Waals surface area contributed by atoms with Crippen LogP contribution in [-0.4, -0.2) is 46.5 Å². The molecule has 0 saturated heterocycles. The molecule has 1 aliphatic rings. The molecule has 1 fully saturated rings. The van der Waals surface area contributed by atoms with Crippen molar-refractivity contribution in [1.82, 2.24) is 15.3 Å². The number of H-pyrrole nitrogens is 1. The number of aryl methyl sites for hydroxylation is 1. The molecular weight excluding hydrogens is 332 g/mol. The number of rotatable bonds is 7. The third-order valence-corrected chi connectivity index (χ3v) is 4.70. The lowest BCUT2D eigenvalue weighted by atomic mass is 9.98. The third kappa shape index (κ3) is 5.19. The maximum absolute atomic E-state index is 12.0. The molecule has 0 unspecified atom stereocenters. The van der Waals surface area contributed by atoms with E-state index in [4.69, 9.17) is 4.74 Å². The van der Waals surface area contributed by atoms with Crippen molar-refractivity contribution in [2.45, 2.75) is 57.7 Å². The normalized spacial score (nSPS) is 16.5. The number of nitrogens with zero attached hydrogens (tertiary/aromatic N) is 1. The molecule has 26 heavy (non-hydrogen) atoms. The molecule has 1 saturated carbocycles. The Balaban J connectivity index is 1.41. The van der Waals surface area contributed by atoms with Crippen LogP contribution in [0.5, 0.6) is 0 Å². The predicted molar refractivity (Wildman–Crippen MR) is 101 cm³/mol. The summed E-state index contributed by atoms with van der Waals surface area (Å²) in [6, 6.07) is 5.18. The molecule has 0 radical (unpaired) electrons. The number of carbonyl (C=O) groups excluding carboxylic acids is 1. The number of amides is 2. The summed E-state index contributed by atoms with van der Waals surface area (Å²) in [6.45, 7) is 2.45. The number of aliphatic hydroxyl groups excluding tert-OH is 1. The van der Waals surface area contributed by atoms with Gasteiger partial charge < -0.3 is 25.5 Å². The third-order valence-electron chi connectivity index (χ3n) is 4.70. The van der Waals surface area contributed by atoms with E-state index in [1.165, 1.54) is 19.3 Å². The Morgan fingerprint density at radius 2 is 2.19 bits per heavy atom. The average molecular weight is 360 g/mol. The summed E-state index contributed by atoms with van der Waals surface area (Å²) in [5.74, 6) is 0.919. The first-order valence-electron chi connectivity index (χ1n) is 9.47. The quantitative estimate of drug-likeness (QED) is 0.610. The molecule has 1 aromatic carbocycles. The predicted octanol–water partition coefficient (Wildman–Crippen LogP) is 2.96. The highest BCUT2D eigenvalue weighted by Gasteiger charge is 2.16. The van der Waals surface area contributed by atoms with Gasteiger partial charge in [0.15, 0.2) is 0 Å². The second-order valence-corrected chi connectivity index (χ2v) is 6.85. The van der Waals surface area contributed by atoms with Crippen molar-refractivity contribution in [3.63, 3.8) is 0 Å². The Bertz CT molecular complexity index is 725. The molecule has 4 N–H and O–H groups in total. The molecule has 2 amide bonds. The van der Waals surface area contributed by atoms with Crippen LogP contribution in [0.3, 0.4) is 0 Å². The van der Waals surface area contributed by atoms with E-state index >= 15 is 0 Å². The second kappa shape index (κ2) is 9.00. The van der Waals surface area contributed by atoms with Gasteiger partial charge in [0, 0.05) is 18.7 Å². The van der Waals surface area contributed by atoms with Crippen LogP contribution < -0.4 is 10.6 Å². The van der Waals surface area contributed by atoms with Crippen molar-refractivity contribution in [2.24, 2.45) is 0 Å². The van der Waals surface area contributed by atoms with Gasteiger partial charge in [0.25, 0.3) is 0 Å². The number of hydrogen-bond donors (Lipinski definition) is 4. The summed E-state index contributed by atoms with van der Waals surface area (Å²) in [4.78, 5) is 19.7. The summed E-state index contributed by atoms with van der Waals surface area (Å²) in [7, 11) is 0. The number of benzene rings is 1. The number of carbonyl (C=O) groups is 1. The number of aromatic nitrogens is 2. The van der Waals surface area contributed by atoms with E-state index in [9.17, 15) is 9.90 Å². The first-order chi connectivity index (χ1) is 12.6. The van der Waals surface area contributed by atoms with E-state index in [0.717, 1.165) is 36.1 Å². The number of nitrogens with one attached hydrogen (secondary N) is 3. The van der Waals surface area contributed by atoms with Crippen molar-refractivity contribution in [2.75, 3.05) is 18.5 Å². The van der Waals surface area contributed by atoms with Crippen LogP contribution in [-0.2, 0) is 11.2 Å². The topological polar surface area (TPSA) is 99.3 Å². The molecule has 1 aromatic heterocycles. The molecule has 2 aromatic rings. The lowest BCUT2D eigenvalue weighted by Crippen LogP contribution is -2.38. The Labute approximate surface area is 153 Å². The number of aromatic amines is 1. The number of anilines is 1.